The Bertz CT molecular complexity index is 268. The van der Waals surface area contributed by atoms with Crippen LogP contribution in [-0.2, 0) is 9.53 Å². The molecule has 0 aliphatic carbocycles. The van der Waals surface area contributed by atoms with Gasteiger partial charge in [-0.25, -0.2) is 0 Å². The minimum absolute atomic E-state index is 0.0903. The molecule has 0 fully saturated rings. The third kappa shape index (κ3) is 17.7. The monoisotopic (exact) mass is 344 g/mol. The summed E-state index contributed by atoms with van der Waals surface area (Å²) in [7, 11) is 0. The maximum Gasteiger partial charge on any atom is 0.305 e. The van der Waals surface area contributed by atoms with Crippen molar-refractivity contribution in [1.82, 2.24) is 0 Å². The van der Waals surface area contributed by atoms with E-state index in [1.54, 1.807) is 0 Å². The molecule has 4 nitrogen and oxygen atoms in total. The predicted molar refractivity (Wildman–Crippen MR) is 99.0 cm³/mol. The number of rotatable bonds is 18. The summed E-state index contributed by atoms with van der Waals surface area (Å²) in [6.07, 6.45) is 16.5. The first-order chi connectivity index (χ1) is 11.7. The molecule has 0 aliphatic heterocycles. The molecule has 0 aromatic carbocycles. The van der Waals surface area contributed by atoms with Gasteiger partial charge in [0.15, 0.2) is 0 Å². The van der Waals surface area contributed by atoms with Crippen LogP contribution in [0.3, 0.4) is 0 Å². The van der Waals surface area contributed by atoms with Crippen LogP contribution in [0, 0.1) is 0 Å². The van der Waals surface area contributed by atoms with Gasteiger partial charge in [0.05, 0.1) is 12.7 Å². The first kappa shape index (κ1) is 23.4. The first-order valence-corrected chi connectivity index (χ1v) is 10.1. The van der Waals surface area contributed by atoms with E-state index >= 15 is 0 Å². The first-order valence-electron chi connectivity index (χ1n) is 10.1. The second kappa shape index (κ2) is 18.7. The minimum Gasteiger partial charge on any atom is -0.463 e. The number of carbonyl (C=O) groups is 1. The molecule has 1 atom stereocenters. The van der Waals surface area contributed by atoms with Crippen LogP contribution >= 0.6 is 0 Å². The number of hydrogen-bond acceptors (Lipinski definition) is 4. The van der Waals surface area contributed by atoms with Gasteiger partial charge in [-0.2, -0.15) is 0 Å². The van der Waals surface area contributed by atoms with Crippen LogP contribution < -0.4 is 0 Å². The fourth-order valence-electron chi connectivity index (χ4n) is 2.89. The second-order valence-electron chi connectivity index (χ2n) is 6.81. The Morgan fingerprint density at radius 3 is 1.88 bits per heavy atom. The van der Waals surface area contributed by atoms with Crippen molar-refractivity contribution in [3.05, 3.63) is 0 Å². The van der Waals surface area contributed by atoms with E-state index in [4.69, 9.17) is 9.84 Å². The van der Waals surface area contributed by atoms with Gasteiger partial charge in [0.25, 0.3) is 0 Å². The van der Waals surface area contributed by atoms with Crippen LogP contribution in [0.1, 0.15) is 103 Å². The third-order valence-corrected chi connectivity index (χ3v) is 4.41. The largest absolute Gasteiger partial charge is 0.463 e. The van der Waals surface area contributed by atoms with Crippen LogP contribution in [-0.4, -0.2) is 35.5 Å². The maximum atomic E-state index is 11.2. The number of unbranched alkanes of at least 4 members (excludes halogenated alkanes) is 10. The van der Waals surface area contributed by atoms with E-state index < -0.39 is 0 Å². The zero-order chi connectivity index (χ0) is 17.9. The molecule has 0 saturated carbocycles. The highest BCUT2D eigenvalue weighted by atomic mass is 16.5. The van der Waals surface area contributed by atoms with Crippen LogP contribution in [0.2, 0.25) is 0 Å². The smallest absolute Gasteiger partial charge is 0.305 e. The van der Waals surface area contributed by atoms with E-state index in [0.717, 1.165) is 32.1 Å². The second-order valence-corrected chi connectivity index (χ2v) is 6.81. The summed E-state index contributed by atoms with van der Waals surface area (Å²) in [6, 6.07) is 0. The minimum atomic E-state index is -0.197. The molecular weight excluding hydrogens is 304 g/mol. The van der Waals surface area contributed by atoms with E-state index in [1.807, 2.05) is 0 Å². The fraction of sp³-hybridized carbons (Fsp3) is 0.950. The lowest BCUT2D eigenvalue weighted by atomic mass is 10.0. The topological polar surface area (TPSA) is 66.8 Å². The molecule has 0 amide bonds. The number of aliphatic hydroxyl groups excluding tert-OH is 2. The molecule has 0 heterocycles. The van der Waals surface area contributed by atoms with Crippen LogP contribution in [0.5, 0.6) is 0 Å². The Kier molecular flexibility index (Phi) is 18.2. The molecule has 0 spiro atoms. The summed E-state index contributed by atoms with van der Waals surface area (Å²) in [4.78, 5) is 11.2. The van der Waals surface area contributed by atoms with Crippen molar-refractivity contribution in [3.8, 4) is 0 Å². The molecule has 0 unspecified atom stereocenters. The molecule has 0 rings (SSSR count). The average molecular weight is 345 g/mol. The number of esters is 1. The van der Waals surface area contributed by atoms with Gasteiger partial charge in [0.2, 0.25) is 0 Å². The molecule has 4 heteroatoms. The summed E-state index contributed by atoms with van der Waals surface area (Å²) in [5.41, 5.74) is 0. The predicted octanol–water partition coefficient (Wildman–Crippen LogP) is 4.75. The summed E-state index contributed by atoms with van der Waals surface area (Å²) in [5.74, 6) is -0.197. The van der Waals surface area contributed by atoms with Gasteiger partial charge < -0.3 is 14.9 Å². The molecule has 0 aromatic rings. The van der Waals surface area contributed by atoms with Gasteiger partial charge in [-0.3, -0.25) is 4.79 Å². The molecule has 0 aliphatic rings. The molecule has 2 N–H and O–H groups in total. The summed E-state index contributed by atoms with van der Waals surface area (Å²) in [6.45, 7) is 2.23. The fourth-order valence-corrected chi connectivity index (χ4v) is 2.89. The third-order valence-electron chi connectivity index (χ3n) is 4.41. The highest BCUT2D eigenvalue weighted by Gasteiger charge is 2.04. The zero-order valence-electron chi connectivity index (χ0n) is 15.8. The quantitative estimate of drug-likeness (QED) is 0.278. The van der Waals surface area contributed by atoms with E-state index in [-0.39, 0.29) is 25.3 Å². The van der Waals surface area contributed by atoms with Gasteiger partial charge >= 0.3 is 5.97 Å². The number of carbonyl (C=O) groups excluding carboxylic acids is 1. The van der Waals surface area contributed by atoms with Crippen LogP contribution in [0.15, 0.2) is 0 Å². The van der Waals surface area contributed by atoms with Crippen LogP contribution in [0.4, 0.5) is 0 Å². The Morgan fingerprint density at radius 2 is 1.33 bits per heavy atom. The Hall–Kier alpha value is -0.610. The highest BCUT2D eigenvalue weighted by molar-refractivity contribution is 5.69. The van der Waals surface area contributed by atoms with Crippen molar-refractivity contribution in [1.29, 1.82) is 0 Å². The molecule has 0 aromatic heterocycles. The molecule has 24 heavy (non-hydrogen) atoms. The SMILES string of the molecule is CCCCCC[C@@H](O)CCCCCCCCCCC(=O)OCCO. The summed E-state index contributed by atoms with van der Waals surface area (Å²) >= 11 is 0. The lowest BCUT2D eigenvalue weighted by Gasteiger charge is -2.10. The Balaban J connectivity index is 3.18. The van der Waals surface area contributed by atoms with Gasteiger partial charge in [-0.05, 0) is 19.3 Å². The Labute approximate surface area is 149 Å². The molecular formula is C20H40O4. The van der Waals surface area contributed by atoms with E-state index in [0.29, 0.717) is 6.42 Å². The molecule has 0 radical (unpaired) electrons. The van der Waals surface area contributed by atoms with E-state index in [9.17, 15) is 9.90 Å². The van der Waals surface area contributed by atoms with Crippen molar-refractivity contribution in [3.63, 3.8) is 0 Å². The number of ether oxygens (including phenoxy) is 1. The van der Waals surface area contributed by atoms with Crippen molar-refractivity contribution in [2.75, 3.05) is 13.2 Å². The maximum absolute atomic E-state index is 11.2. The van der Waals surface area contributed by atoms with Crippen molar-refractivity contribution >= 4 is 5.97 Å². The number of hydrogen-bond donors (Lipinski definition) is 2. The average Bonchev–Trinajstić information content (AvgIpc) is 2.58. The van der Waals surface area contributed by atoms with Gasteiger partial charge in [-0.15, -0.1) is 0 Å². The van der Waals surface area contributed by atoms with E-state index in [1.165, 1.54) is 57.8 Å². The lowest BCUT2D eigenvalue weighted by Crippen LogP contribution is -2.07. The Morgan fingerprint density at radius 1 is 0.833 bits per heavy atom. The van der Waals surface area contributed by atoms with Gasteiger partial charge in [0, 0.05) is 6.42 Å². The highest BCUT2D eigenvalue weighted by Crippen LogP contribution is 2.14. The molecule has 0 bridgehead atoms. The molecule has 0 saturated heterocycles. The van der Waals surface area contributed by atoms with Gasteiger partial charge in [-0.1, -0.05) is 77.6 Å². The zero-order valence-corrected chi connectivity index (χ0v) is 15.8. The summed E-state index contributed by atoms with van der Waals surface area (Å²) < 4.78 is 4.81. The summed E-state index contributed by atoms with van der Waals surface area (Å²) in [5, 5.41) is 18.4. The van der Waals surface area contributed by atoms with Gasteiger partial charge in [0.1, 0.15) is 6.61 Å². The van der Waals surface area contributed by atoms with Crippen LogP contribution in [0.25, 0.3) is 0 Å². The molecule has 144 valence electrons. The normalized spacial score (nSPS) is 12.3. The van der Waals surface area contributed by atoms with Crippen molar-refractivity contribution < 1.29 is 19.7 Å². The van der Waals surface area contributed by atoms with E-state index in [2.05, 4.69) is 6.92 Å². The lowest BCUT2D eigenvalue weighted by molar-refractivity contribution is -0.144. The number of aliphatic hydroxyl groups is 2. The van der Waals surface area contributed by atoms with Crippen molar-refractivity contribution in [2.45, 2.75) is 109 Å². The van der Waals surface area contributed by atoms with Crippen molar-refractivity contribution in [2.24, 2.45) is 0 Å². The standard InChI is InChI=1S/C20H40O4/c1-2-3-4-11-14-19(22)15-12-9-7-5-6-8-10-13-16-20(23)24-18-17-21/h19,21-22H,2-18H2,1H3/t19-/m1/s1.